The maximum absolute atomic E-state index is 13.0. The Labute approximate surface area is 180 Å². The second-order valence-corrected chi connectivity index (χ2v) is 8.25. The van der Waals surface area contributed by atoms with Gasteiger partial charge in [0.25, 0.3) is 5.89 Å². The van der Waals surface area contributed by atoms with Crippen molar-refractivity contribution in [3.8, 4) is 23.0 Å². The summed E-state index contributed by atoms with van der Waals surface area (Å²) in [4.78, 5) is 19.6. The van der Waals surface area contributed by atoms with Gasteiger partial charge in [0.15, 0.2) is 5.69 Å². The number of amides is 1. The lowest BCUT2D eigenvalue weighted by atomic mass is 10.0. The number of hydrogen-bond donors (Lipinski definition) is 0. The minimum Gasteiger partial charge on any atom is -0.338 e. The van der Waals surface area contributed by atoms with Crippen LogP contribution in [0.25, 0.3) is 33.9 Å². The maximum Gasteiger partial charge on any atom is 0.279 e. The van der Waals surface area contributed by atoms with E-state index in [0.29, 0.717) is 17.4 Å². The summed E-state index contributed by atoms with van der Waals surface area (Å²) in [5.41, 5.74) is 3.50. The quantitative estimate of drug-likeness (QED) is 0.492. The van der Waals surface area contributed by atoms with E-state index in [4.69, 9.17) is 9.62 Å². The predicted octanol–water partition coefficient (Wildman–Crippen LogP) is 4.46. The van der Waals surface area contributed by atoms with Crippen LogP contribution in [-0.2, 0) is 11.3 Å². The second kappa shape index (κ2) is 7.98. The number of benzene rings is 2. The van der Waals surface area contributed by atoms with Crippen molar-refractivity contribution in [1.82, 2.24) is 24.8 Å². The fraction of sp³-hybridized carbons (Fsp3) is 0.333. The van der Waals surface area contributed by atoms with Gasteiger partial charge in [-0.05, 0) is 45.2 Å². The van der Waals surface area contributed by atoms with Gasteiger partial charge in [0.05, 0.1) is 5.52 Å². The molecule has 1 atom stereocenters. The van der Waals surface area contributed by atoms with Gasteiger partial charge in [-0.15, -0.1) is 0 Å². The number of carbonyl (C=O) groups is 1. The van der Waals surface area contributed by atoms with E-state index in [1.807, 2.05) is 60.4 Å². The highest BCUT2D eigenvalue weighted by atomic mass is 16.5. The van der Waals surface area contributed by atoms with Gasteiger partial charge in [-0.1, -0.05) is 47.1 Å². The first-order valence-corrected chi connectivity index (χ1v) is 10.8. The number of fused-ring (bicyclic) bond motifs is 1. The molecule has 158 valence electrons. The third-order valence-electron chi connectivity index (χ3n) is 5.97. The lowest BCUT2D eigenvalue weighted by Crippen LogP contribution is -2.43. The van der Waals surface area contributed by atoms with Gasteiger partial charge in [0, 0.05) is 23.5 Å². The van der Waals surface area contributed by atoms with Gasteiger partial charge in [-0.3, -0.25) is 9.48 Å². The van der Waals surface area contributed by atoms with Crippen LogP contribution in [0, 0.1) is 6.92 Å². The fourth-order valence-electron chi connectivity index (χ4n) is 4.31. The van der Waals surface area contributed by atoms with E-state index < -0.39 is 0 Å². The summed E-state index contributed by atoms with van der Waals surface area (Å²) in [5.74, 6) is 0.971. The molecule has 0 unspecified atom stereocenters. The van der Waals surface area contributed by atoms with Crippen molar-refractivity contribution in [3.05, 3.63) is 54.1 Å². The van der Waals surface area contributed by atoms with Gasteiger partial charge in [0.1, 0.15) is 6.54 Å². The number of para-hydroxylation sites is 1. The van der Waals surface area contributed by atoms with Crippen molar-refractivity contribution in [1.29, 1.82) is 0 Å². The average molecular weight is 415 g/mol. The number of carbonyl (C=O) groups excluding carboxylic acids is 1. The Balaban J connectivity index is 1.49. The molecule has 2 aromatic carbocycles. The zero-order chi connectivity index (χ0) is 21.4. The Morgan fingerprint density at radius 3 is 2.87 bits per heavy atom. The fourth-order valence-corrected chi connectivity index (χ4v) is 4.31. The first kappa shape index (κ1) is 19.5. The summed E-state index contributed by atoms with van der Waals surface area (Å²) in [5, 5.41) is 9.76. The predicted molar refractivity (Wildman–Crippen MR) is 118 cm³/mol. The molecule has 1 aliphatic rings. The lowest BCUT2D eigenvalue weighted by molar-refractivity contribution is -0.135. The van der Waals surface area contributed by atoms with Crippen LogP contribution in [0.2, 0.25) is 0 Å². The highest BCUT2D eigenvalue weighted by molar-refractivity contribution is 5.92. The van der Waals surface area contributed by atoms with Crippen LogP contribution >= 0.6 is 0 Å². The molecule has 7 nitrogen and oxygen atoms in total. The topological polar surface area (TPSA) is 77.0 Å². The van der Waals surface area contributed by atoms with E-state index in [1.54, 1.807) is 4.68 Å². The number of piperidine rings is 1. The van der Waals surface area contributed by atoms with E-state index in [1.165, 1.54) is 6.42 Å². The molecule has 5 rings (SSSR count). The standard InChI is InChI=1S/C24H25N5O2/c1-16-8-7-10-18(14-16)23-25-24(31-27-23)22-19-11-3-4-12-20(19)29(26-22)15-21(30)28-13-6-5-9-17(28)2/h3-4,7-8,10-12,14,17H,5-6,9,13,15H2,1-2H3/t17-/m0/s1. The van der Waals surface area contributed by atoms with E-state index in [-0.39, 0.29) is 18.5 Å². The third-order valence-corrected chi connectivity index (χ3v) is 5.97. The molecule has 0 radical (unpaired) electrons. The lowest BCUT2D eigenvalue weighted by Gasteiger charge is -2.33. The largest absolute Gasteiger partial charge is 0.338 e. The van der Waals surface area contributed by atoms with Crippen LogP contribution in [0.4, 0.5) is 0 Å². The van der Waals surface area contributed by atoms with Crippen LogP contribution in [0.5, 0.6) is 0 Å². The summed E-state index contributed by atoms with van der Waals surface area (Å²) in [6, 6.07) is 16.1. The molecule has 7 heteroatoms. The number of aryl methyl sites for hydroxylation is 1. The monoisotopic (exact) mass is 415 g/mol. The molecule has 0 spiro atoms. The molecule has 1 aliphatic heterocycles. The molecule has 3 heterocycles. The molecular formula is C24H25N5O2. The van der Waals surface area contributed by atoms with Crippen molar-refractivity contribution in [3.63, 3.8) is 0 Å². The van der Waals surface area contributed by atoms with Gasteiger partial charge in [-0.25, -0.2) is 0 Å². The number of nitrogens with zero attached hydrogens (tertiary/aromatic N) is 5. The normalized spacial score (nSPS) is 16.7. The first-order valence-electron chi connectivity index (χ1n) is 10.8. The molecule has 31 heavy (non-hydrogen) atoms. The molecule has 2 aromatic heterocycles. The van der Waals surface area contributed by atoms with Crippen molar-refractivity contribution in [2.24, 2.45) is 0 Å². The van der Waals surface area contributed by atoms with Gasteiger partial charge < -0.3 is 9.42 Å². The average Bonchev–Trinajstić information content (AvgIpc) is 3.40. The van der Waals surface area contributed by atoms with Crippen LogP contribution in [0.3, 0.4) is 0 Å². The Kier molecular flexibility index (Phi) is 5.02. The van der Waals surface area contributed by atoms with Gasteiger partial charge in [0.2, 0.25) is 11.7 Å². The van der Waals surface area contributed by atoms with E-state index >= 15 is 0 Å². The summed E-state index contributed by atoms with van der Waals surface area (Å²) in [7, 11) is 0. The minimum atomic E-state index is 0.0954. The van der Waals surface area contributed by atoms with Crippen LogP contribution in [-0.4, -0.2) is 43.3 Å². The van der Waals surface area contributed by atoms with Gasteiger partial charge >= 0.3 is 0 Å². The minimum absolute atomic E-state index is 0.0954. The summed E-state index contributed by atoms with van der Waals surface area (Å²) in [6.07, 6.45) is 3.30. The summed E-state index contributed by atoms with van der Waals surface area (Å²) < 4.78 is 7.33. The zero-order valence-corrected chi connectivity index (χ0v) is 17.8. The Hall–Kier alpha value is -3.48. The molecule has 0 saturated carbocycles. The Morgan fingerprint density at radius 2 is 2.03 bits per heavy atom. The first-order chi connectivity index (χ1) is 15.1. The molecule has 1 fully saturated rings. The van der Waals surface area contributed by atoms with Crippen molar-refractivity contribution < 1.29 is 9.32 Å². The Bertz CT molecular complexity index is 1240. The van der Waals surface area contributed by atoms with E-state index in [2.05, 4.69) is 17.1 Å². The van der Waals surface area contributed by atoms with Crippen molar-refractivity contribution >= 4 is 16.8 Å². The maximum atomic E-state index is 13.0. The molecule has 0 aliphatic carbocycles. The SMILES string of the molecule is Cc1cccc(-c2noc(-c3nn(CC(=O)N4CCCC[C@@H]4C)c4ccccc34)n2)c1. The summed E-state index contributed by atoms with van der Waals surface area (Å²) in [6.45, 7) is 5.16. The van der Waals surface area contributed by atoms with Crippen LogP contribution < -0.4 is 0 Å². The molecule has 0 bridgehead atoms. The zero-order valence-electron chi connectivity index (χ0n) is 17.8. The molecule has 4 aromatic rings. The third kappa shape index (κ3) is 3.71. The van der Waals surface area contributed by atoms with Crippen molar-refractivity contribution in [2.75, 3.05) is 6.54 Å². The van der Waals surface area contributed by atoms with E-state index in [9.17, 15) is 4.79 Å². The molecule has 1 amide bonds. The van der Waals surface area contributed by atoms with Gasteiger partial charge in [-0.2, -0.15) is 10.1 Å². The number of aromatic nitrogens is 4. The van der Waals surface area contributed by atoms with Crippen LogP contribution in [0.1, 0.15) is 31.7 Å². The molecule has 0 N–H and O–H groups in total. The van der Waals surface area contributed by atoms with Crippen LogP contribution in [0.15, 0.2) is 53.1 Å². The highest BCUT2D eigenvalue weighted by Crippen LogP contribution is 2.29. The van der Waals surface area contributed by atoms with Crippen molar-refractivity contribution in [2.45, 2.75) is 45.7 Å². The number of rotatable bonds is 4. The van der Waals surface area contributed by atoms with E-state index in [0.717, 1.165) is 41.4 Å². The number of hydrogen-bond acceptors (Lipinski definition) is 5. The number of likely N-dealkylation sites (tertiary alicyclic amines) is 1. The second-order valence-electron chi connectivity index (χ2n) is 8.25. The highest BCUT2D eigenvalue weighted by Gasteiger charge is 2.25. The summed E-state index contributed by atoms with van der Waals surface area (Å²) >= 11 is 0. The molecule has 1 saturated heterocycles. The molecular weight excluding hydrogens is 390 g/mol. The Morgan fingerprint density at radius 1 is 1.16 bits per heavy atom. The smallest absolute Gasteiger partial charge is 0.279 e.